The third kappa shape index (κ3) is 1.75. The van der Waals surface area contributed by atoms with Gasteiger partial charge in [-0.25, -0.2) is 4.79 Å². The number of rotatable bonds is 3. The van der Waals surface area contributed by atoms with E-state index in [1.807, 2.05) is 24.4 Å². The largest absolute Gasteiger partial charge is 0.332 e. The summed E-state index contributed by atoms with van der Waals surface area (Å²) in [6.45, 7) is 2.05. The molecule has 1 unspecified atom stereocenters. The van der Waals surface area contributed by atoms with Crippen LogP contribution in [-0.2, 0) is 12.5 Å². The maximum atomic E-state index is 12.1. The van der Waals surface area contributed by atoms with Crippen molar-refractivity contribution >= 4 is 0 Å². The van der Waals surface area contributed by atoms with E-state index in [0.29, 0.717) is 0 Å². The van der Waals surface area contributed by atoms with Gasteiger partial charge < -0.3 is 10.3 Å². The average Bonchev–Trinajstić information content (AvgIpc) is 3.14. The minimum Gasteiger partial charge on any atom is -0.327 e. The molecule has 0 amide bonds. The highest BCUT2D eigenvalue weighted by Gasteiger charge is 2.48. The fourth-order valence-electron chi connectivity index (χ4n) is 2.86. The first-order valence-corrected chi connectivity index (χ1v) is 6.66. The highest BCUT2D eigenvalue weighted by molar-refractivity contribution is 5.49. The molecule has 1 aliphatic rings. The molecule has 2 aromatic rings. The minimum absolute atomic E-state index is 0.0204. The second kappa shape index (κ2) is 4.10. The van der Waals surface area contributed by atoms with E-state index in [4.69, 9.17) is 5.73 Å². The molecule has 1 saturated carbocycles. The number of nitrogens with two attached hydrogens (primary N) is 1. The van der Waals surface area contributed by atoms with E-state index in [0.717, 1.165) is 18.5 Å². The van der Waals surface area contributed by atoms with Gasteiger partial charge in [-0.2, -0.15) is 0 Å². The van der Waals surface area contributed by atoms with Gasteiger partial charge in [-0.3, -0.25) is 4.57 Å². The van der Waals surface area contributed by atoms with Crippen LogP contribution in [0.5, 0.6) is 0 Å². The molecule has 0 saturated heterocycles. The molecule has 0 spiro atoms. The number of nitrogens with zero attached hydrogens (tertiary/aromatic N) is 2. The van der Waals surface area contributed by atoms with Crippen molar-refractivity contribution in [2.24, 2.45) is 12.8 Å². The monoisotopic (exact) mass is 257 g/mol. The Labute approximate surface area is 112 Å². The molecule has 2 N–H and O–H groups in total. The molecule has 0 aliphatic heterocycles. The highest BCUT2D eigenvalue weighted by atomic mass is 16.1. The second-order valence-corrected chi connectivity index (χ2v) is 5.52. The quantitative estimate of drug-likeness (QED) is 0.907. The molecule has 1 aromatic heterocycles. The van der Waals surface area contributed by atoms with Crippen LogP contribution in [0.25, 0.3) is 5.69 Å². The molecule has 1 aromatic carbocycles. The lowest BCUT2D eigenvalue weighted by atomic mass is 9.88. The van der Waals surface area contributed by atoms with Crippen LogP contribution in [0.3, 0.4) is 0 Å². The first kappa shape index (κ1) is 12.2. The molecule has 1 heterocycles. The number of aromatic nitrogens is 2. The van der Waals surface area contributed by atoms with Crippen molar-refractivity contribution in [2.45, 2.75) is 31.2 Å². The molecule has 4 nitrogen and oxygen atoms in total. The van der Waals surface area contributed by atoms with Crippen molar-refractivity contribution in [1.29, 1.82) is 0 Å². The zero-order valence-corrected chi connectivity index (χ0v) is 11.3. The van der Waals surface area contributed by atoms with Crippen LogP contribution in [0.4, 0.5) is 0 Å². The summed E-state index contributed by atoms with van der Waals surface area (Å²) in [4.78, 5) is 12.1. The van der Waals surface area contributed by atoms with Crippen LogP contribution >= 0.6 is 0 Å². The molecule has 4 heteroatoms. The molecule has 100 valence electrons. The normalized spacial score (nSPS) is 18.3. The number of aryl methyl sites for hydroxylation is 1. The third-order valence-corrected chi connectivity index (χ3v) is 4.31. The van der Waals surface area contributed by atoms with E-state index in [2.05, 4.69) is 13.0 Å². The molecule has 0 bridgehead atoms. The first-order valence-electron chi connectivity index (χ1n) is 6.66. The molecular formula is C15H19N3O. The SMILES string of the molecule is CC(N)C1(c2ccccc2-n2ccn(C)c2=O)CC1. The van der Waals surface area contributed by atoms with Gasteiger partial charge in [-0.1, -0.05) is 18.2 Å². The lowest BCUT2D eigenvalue weighted by Crippen LogP contribution is -2.33. The van der Waals surface area contributed by atoms with E-state index in [1.54, 1.807) is 22.4 Å². The molecular weight excluding hydrogens is 238 g/mol. The van der Waals surface area contributed by atoms with Crippen molar-refractivity contribution in [3.63, 3.8) is 0 Å². The lowest BCUT2D eigenvalue weighted by molar-refractivity contribution is 0.553. The average molecular weight is 257 g/mol. The highest BCUT2D eigenvalue weighted by Crippen LogP contribution is 2.51. The van der Waals surface area contributed by atoms with Gasteiger partial charge >= 0.3 is 5.69 Å². The Morgan fingerprint density at radius 2 is 1.95 bits per heavy atom. The number of benzene rings is 1. The van der Waals surface area contributed by atoms with Gasteiger partial charge in [0.05, 0.1) is 5.69 Å². The summed E-state index contributed by atoms with van der Waals surface area (Å²) in [5.74, 6) is 0. The smallest absolute Gasteiger partial charge is 0.327 e. The van der Waals surface area contributed by atoms with E-state index >= 15 is 0 Å². The van der Waals surface area contributed by atoms with E-state index in [-0.39, 0.29) is 17.1 Å². The Morgan fingerprint density at radius 3 is 2.47 bits per heavy atom. The van der Waals surface area contributed by atoms with Crippen molar-refractivity contribution in [3.05, 3.63) is 52.7 Å². The Balaban J connectivity index is 2.19. The van der Waals surface area contributed by atoms with Gasteiger partial charge in [-0.15, -0.1) is 0 Å². The van der Waals surface area contributed by atoms with Crippen molar-refractivity contribution in [3.8, 4) is 5.69 Å². The zero-order valence-electron chi connectivity index (χ0n) is 11.3. The van der Waals surface area contributed by atoms with Crippen LogP contribution in [0.2, 0.25) is 0 Å². The molecule has 1 atom stereocenters. The molecule has 0 radical (unpaired) electrons. The Hall–Kier alpha value is -1.81. The topological polar surface area (TPSA) is 52.9 Å². The van der Waals surface area contributed by atoms with E-state index < -0.39 is 0 Å². The molecule has 1 fully saturated rings. The maximum absolute atomic E-state index is 12.1. The summed E-state index contributed by atoms with van der Waals surface area (Å²) in [5, 5.41) is 0. The van der Waals surface area contributed by atoms with Crippen molar-refractivity contribution in [2.75, 3.05) is 0 Å². The summed E-state index contributed by atoms with van der Waals surface area (Å²) in [7, 11) is 1.76. The minimum atomic E-state index is -0.0204. The summed E-state index contributed by atoms with van der Waals surface area (Å²) in [6, 6.07) is 8.20. The van der Waals surface area contributed by atoms with Crippen LogP contribution in [0.1, 0.15) is 25.3 Å². The predicted molar refractivity (Wildman–Crippen MR) is 75.6 cm³/mol. The molecule has 3 rings (SSSR count). The molecule has 1 aliphatic carbocycles. The van der Waals surface area contributed by atoms with E-state index in [9.17, 15) is 4.79 Å². The lowest BCUT2D eigenvalue weighted by Gasteiger charge is -2.23. The fraction of sp³-hybridized carbons (Fsp3) is 0.400. The second-order valence-electron chi connectivity index (χ2n) is 5.52. The van der Waals surface area contributed by atoms with Crippen molar-refractivity contribution < 1.29 is 0 Å². The van der Waals surface area contributed by atoms with Crippen LogP contribution in [0, 0.1) is 0 Å². The van der Waals surface area contributed by atoms with Gasteiger partial charge in [0.1, 0.15) is 0 Å². The number of hydrogen-bond donors (Lipinski definition) is 1. The fourth-order valence-corrected chi connectivity index (χ4v) is 2.86. The third-order valence-electron chi connectivity index (χ3n) is 4.31. The van der Waals surface area contributed by atoms with Gasteiger partial charge in [0.15, 0.2) is 0 Å². The summed E-state index contributed by atoms with van der Waals surface area (Å²) < 4.78 is 3.29. The Bertz CT molecular complexity index is 662. The zero-order chi connectivity index (χ0) is 13.6. The van der Waals surface area contributed by atoms with E-state index in [1.165, 1.54) is 5.56 Å². The number of hydrogen-bond acceptors (Lipinski definition) is 2. The summed E-state index contributed by atoms with van der Waals surface area (Å²) >= 11 is 0. The summed E-state index contributed by atoms with van der Waals surface area (Å²) in [5.41, 5.74) is 8.34. The van der Waals surface area contributed by atoms with Crippen LogP contribution < -0.4 is 11.4 Å². The Morgan fingerprint density at radius 1 is 1.26 bits per heavy atom. The Kier molecular flexibility index (Phi) is 2.64. The number of imidazole rings is 1. The van der Waals surface area contributed by atoms with Crippen molar-refractivity contribution in [1.82, 2.24) is 9.13 Å². The van der Waals surface area contributed by atoms with Crippen LogP contribution in [-0.4, -0.2) is 15.2 Å². The van der Waals surface area contributed by atoms with Gasteiger partial charge in [0.25, 0.3) is 0 Å². The number of para-hydroxylation sites is 1. The standard InChI is InChI=1S/C15H19N3O/c1-11(16)15(7-8-15)12-5-3-4-6-13(12)18-10-9-17(2)14(18)19/h3-6,9-11H,7-8,16H2,1-2H3. The van der Waals surface area contributed by atoms with Crippen LogP contribution in [0.15, 0.2) is 41.5 Å². The summed E-state index contributed by atoms with van der Waals surface area (Å²) in [6.07, 6.45) is 5.80. The maximum Gasteiger partial charge on any atom is 0.332 e. The first-order chi connectivity index (χ1) is 9.06. The van der Waals surface area contributed by atoms with Gasteiger partial charge in [0.2, 0.25) is 0 Å². The molecule has 19 heavy (non-hydrogen) atoms. The van der Waals surface area contributed by atoms with Gasteiger partial charge in [-0.05, 0) is 31.4 Å². The predicted octanol–water partition coefficient (Wildman–Crippen LogP) is 1.55. The van der Waals surface area contributed by atoms with Gasteiger partial charge in [0, 0.05) is 30.9 Å².